The molecule has 1 fully saturated rings. The highest BCUT2D eigenvalue weighted by Gasteiger charge is 2.23. The number of anilines is 1. The van der Waals surface area contributed by atoms with Crippen LogP contribution in [-0.2, 0) is 11.2 Å². The molecule has 6 heteroatoms. The summed E-state index contributed by atoms with van der Waals surface area (Å²) < 4.78 is 0. The average Bonchev–Trinajstić information content (AvgIpc) is 2.76. The van der Waals surface area contributed by atoms with Gasteiger partial charge in [-0.3, -0.25) is 4.79 Å². The van der Waals surface area contributed by atoms with Gasteiger partial charge in [0.1, 0.15) is 0 Å². The Bertz CT molecular complexity index is 527. The van der Waals surface area contributed by atoms with Crippen molar-refractivity contribution in [2.24, 2.45) is 5.73 Å². The molecule has 3 rings (SSSR count). The van der Waals surface area contributed by atoms with E-state index in [1.54, 1.807) is 0 Å². The number of rotatable bonds is 3. The molecule has 1 saturated heterocycles. The second-order valence-electron chi connectivity index (χ2n) is 6.58. The number of aryl methyl sites for hydroxylation is 1. The van der Waals surface area contributed by atoms with E-state index in [1.807, 2.05) is 11.0 Å². The van der Waals surface area contributed by atoms with Crippen LogP contribution in [-0.4, -0.2) is 43.0 Å². The van der Waals surface area contributed by atoms with Gasteiger partial charge in [0.25, 0.3) is 0 Å². The highest BCUT2D eigenvalue weighted by atomic mass is 35.5. The van der Waals surface area contributed by atoms with Gasteiger partial charge >= 0.3 is 0 Å². The third-order valence-electron chi connectivity index (χ3n) is 4.85. The monoisotopic (exact) mass is 373 g/mol. The molecule has 2 heterocycles. The molecular weight excluding hydrogens is 345 g/mol. The molecule has 2 aliphatic rings. The van der Waals surface area contributed by atoms with Crippen LogP contribution in [0.1, 0.15) is 37.7 Å². The Balaban J connectivity index is 0.00000144. The summed E-state index contributed by atoms with van der Waals surface area (Å²) in [6.45, 7) is 3.71. The normalized spacial score (nSPS) is 21.0. The highest BCUT2D eigenvalue weighted by molar-refractivity contribution is 5.94. The lowest BCUT2D eigenvalue weighted by Crippen LogP contribution is -2.40. The molecule has 0 radical (unpaired) electrons. The van der Waals surface area contributed by atoms with Crippen LogP contribution in [0.5, 0.6) is 0 Å². The summed E-state index contributed by atoms with van der Waals surface area (Å²) in [6.07, 6.45) is 6.28. The first-order valence-electron chi connectivity index (χ1n) is 8.60. The van der Waals surface area contributed by atoms with Gasteiger partial charge < -0.3 is 15.5 Å². The van der Waals surface area contributed by atoms with E-state index in [0.717, 1.165) is 51.1 Å². The van der Waals surface area contributed by atoms with Crippen molar-refractivity contribution in [3.05, 3.63) is 29.8 Å². The Morgan fingerprint density at radius 1 is 1.12 bits per heavy atom. The van der Waals surface area contributed by atoms with Crippen LogP contribution in [0.4, 0.5) is 5.69 Å². The Morgan fingerprint density at radius 2 is 1.92 bits per heavy atom. The third-order valence-corrected chi connectivity index (χ3v) is 4.85. The topological polar surface area (TPSA) is 49.6 Å². The lowest BCUT2D eigenvalue weighted by molar-refractivity contribution is -0.119. The van der Waals surface area contributed by atoms with Crippen molar-refractivity contribution in [2.75, 3.05) is 31.1 Å². The predicted octanol–water partition coefficient (Wildman–Crippen LogP) is 3.01. The molecule has 1 amide bonds. The molecule has 0 aliphatic carbocycles. The summed E-state index contributed by atoms with van der Waals surface area (Å²) in [4.78, 5) is 17.0. The number of hydrogen-bond donors (Lipinski definition) is 1. The molecule has 0 saturated carbocycles. The second-order valence-corrected chi connectivity index (χ2v) is 6.58. The Labute approximate surface area is 157 Å². The largest absolute Gasteiger partial charge is 0.327 e. The number of amides is 1. The Kier molecular flexibility index (Phi) is 9.06. The molecule has 0 bridgehead atoms. The van der Waals surface area contributed by atoms with Gasteiger partial charge in [-0.1, -0.05) is 24.6 Å². The summed E-state index contributed by atoms with van der Waals surface area (Å²) in [5.41, 5.74) is 8.52. The fraction of sp³-hybridized carbons (Fsp3) is 0.611. The van der Waals surface area contributed by atoms with Gasteiger partial charge in [0.15, 0.2) is 0 Å². The minimum Gasteiger partial charge on any atom is -0.327 e. The van der Waals surface area contributed by atoms with Crippen molar-refractivity contribution < 1.29 is 4.79 Å². The van der Waals surface area contributed by atoms with Crippen molar-refractivity contribution in [3.63, 3.8) is 0 Å². The highest BCUT2D eigenvalue weighted by Crippen LogP contribution is 2.27. The van der Waals surface area contributed by atoms with Crippen molar-refractivity contribution in [1.82, 2.24) is 4.90 Å². The van der Waals surface area contributed by atoms with Gasteiger partial charge in [0.05, 0.1) is 0 Å². The zero-order chi connectivity index (χ0) is 15.4. The quantitative estimate of drug-likeness (QED) is 0.885. The van der Waals surface area contributed by atoms with Gasteiger partial charge in [-0.15, -0.1) is 24.8 Å². The predicted molar refractivity (Wildman–Crippen MR) is 104 cm³/mol. The molecule has 4 nitrogen and oxygen atoms in total. The maximum atomic E-state index is 12.6. The molecule has 24 heavy (non-hydrogen) atoms. The van der Waals surface area contributed by atoms with Crippen molar-refractivity contribution in [2.45, 2.75) is 44.6 Å². The molecule has 0 spiro atoms. The van der Waals surface area contributed by atoms with E-state index >= 15 is 0 Å². The van der Waals surface area contributed by atoms with Crippen LogP contribution in [0, 0.1) is 0 Å². The van der Waals surface area contributed by atoms with Crippen molar-refractivity contribution in [1.29, 1.82) is 0 Å². The summed E-state index contributed by atoms with van der Waals surface area (Å²) in [6, 6.07) is 8.58. The number of fused-ring (bicyclic) bond motifs is 1. The zero-order valence-corrected chi connectivity index (χ0v) is 15.8. The van der Waals surface area contributed by atoms with E-state index in [0.29, 0.717) is 6.42 Å². The fourth-order valence-corrected chi connectivity index (χ4v) is 3.64. The van der Waals surface area contributed by atoms with Gasteiger partial charge in [0, 0.05) is 37.8 Å². The Morgan fingerprint density at radius 3 is 2.75 bits per heavy atom. The van der Waals surface area contributed by atoms with Gasteiger partial charge in [-0.05, 0) is 43.9 Å². The summed E-state index contributed by atoms with van der Waals surface area (Å²) in [5, 5.41) is 0. The molecule has 0 aromatic heterocycles. The van der Waals surface area contributed by atoms with E-state index in [4.69, 9.17) is 5.73 Å². The molecule has 1 aromatic rings. The number of carbonyl (C=O) groups excluding carboxylic acids is 1. The lowest BCUT2D eigenvalue weighted by atomic mass is 10.0. The van der Waals surface area contributed by atoms with Crippen LogP contribution in [0.2, 0.25) is 0 Å². The zero-order valence-electron chi connectivity index (χ0n) is 14.2. The maximum Gasteiger partial charge on any atom is 0.228 e. The first-order chi connectivity index (χ1) is 10.7. The molecule has 2 N–H and O–H groups in total. The minimum atomic E-state index is 0. The fourth-order valence-electron chi connectivity index (χ4n) is 3.64. The van der Waals surface area contributed by atoms with Crippen LogP contribution < -0.4 is 10.6 Å². The molecule has 136 valence electrons. The number of halogens is 2. The molecule has 2 aliphatic heterocycles. The first kappa shape index (κ1) is 21.2. The van der Waals surface area contributed by atoms with Gasteiger partial charge in [-0.25, -0.2) is 0 Å². The average molecular weight is 374 g/mol. The van der Waals surface area contributed by atoms with E-state index in [2.05, 4.69) is 23.1 Å². The molecule has 1 aromatic carbocycles. The number of para-hydroxylation sites is 1. The first-order valence-corrected chi connectivity index (χ1v) is 8.60. The summed E-state index contributed by atoms with van der Waals surface area (Å²) >= 11 is 0. The summed E-state index contributed by atoms with van der Waals surface area (Å²) in [7, 11) is 0. The Hall–Kier alpha value is -0.810. The van der Waals surface area contributed by atoms with Gasteiger partial charge in [0.2, 0.25) is 5.91 Å². The van der Waals surface area contributed by atoms with Crippen LogP contribution in [0.15, 0.2) is 24.3 Å². The second kappa shape index (κ2) is 10.2. The number of hydrogen-bond acceptors (Lipinski definition) is 3. The van der Waals surface area contributed by atoms with Crippen LogP contribution >= 0.6 is 24.8 Å². The molecular formula is C18H29Cl2N3O. The minimum absolute atomic E-state index is 0. The van der Waals surface area contributed by atoms with Crippen LogP contribution in [0.25, 0.3) is 0 Å². The lowest BCUT2D eigenvalue weighted by Gasteiger charge is -2.30. The van der Waals surface area contributed by atoms with Crippen molar-refractivity contribution >= 4 is 36.4 Å². The summed E-state index contributed by atoms with van der Waals surface area (Å²) in [5.74, 6) is 0.255. The number of nitrogens with two attached hydrogens (primary N) is 1. The maximum absolute atomic E-state index is 12.6. The number of carbonyl (C=O) groups is 1. The standard InChI is InChI=1S/C18H27N3O.2ClH/c19-16-8-3-4-11-20(14-16)13-10-18(22)21-12-5-7-15-6-1-2-9-17(15)21;;/h1-2,6,9,16H,3-5,7-8,10-14,19H2;2*1H. The number of benzene rings is 1. The van der Waals surface area contributed by atoms with E-state index in [-0.39, 0.29) is 36.8 Å². The molecule has 1 unspecified atom stereocenters. The SMILES string of the molecule is Cl.Cl.NC1CCCCN(CCC(=O)N2CCCc3ccccc32)C1. The molecule has 1 atom stereocenters. The smallest absolute Gasteiger partial charge is 0.228 e. The van der Waals surface area contributed by atoms with Crippen LogP contribution in [0.3, 0.4) is 0 Å². The number of likely N-dealkylation sites (tertiary alicyclic amines) is 1. The van der Waals surface area contributed by atoms with E-state index < -0.39 is 0 Å². The number of nitrogens with zero attached hydrogens (tertiary/aromatic N) is 2. The van der Waals surface area contributed by atoms with E-state index in [1.165, 1.54) is 18.4 Å². The van der Waals surface area contributed by atoms with E-state index in [9.17, 15) is 4.79 Å². The van der Waals surface area contributed by atoms with Gasteiger partial charge in [-0.2, -0.15) is 0 Å². The van der Waals surface area contributed by atoms with Crippen molar-refractivity contribution in [3.8, 4) is 0 Å². The third kappa shape index (κ3) is 5.35.